The zero-order chi connectivity index (χ0) is 5.98. The Morgan fingerprint density at radius 2 is 2.25 bits per heavy atom. The van der Waals surface area contributed by atoms with Crippen molar-refractivity contribution >= 4 is 6.29 Å². The molecule has 1 fully saturated rings. The molecule has 0 radical (unpaired) electrons. The lowest BCUT2D eigenvalue weighted by Gasteiger charge is -2.25. The van der Waals surface area contributed by atoms with Gasteiger partial charge >= 0.3 is 0 Å². The van der Waals surface area contributed by atoms with E-state index in [4.69, 9.17) is 0 Å². The molecule has 1 saturated carbocycles. The summed E-state index contributed by atoms with van der Waals surface area (Å²) in [4.78, 5) is 9.76. The van der Waals surface area contributed by atoms with Gasteiger partial charge in [0, 0.05) is 0 Å². The summed E-state index contributed by atoms with van der Waals surface area (Å²) < 4.78 is 12.2. The molecule has 1 aliphatic rings. The quantitative estimate of drug-likeness (QED) is 0.497. The predicted octanol–water partition coefficient (Wildman–Crippen LogP) is 1.32. The van der Waals surface area contributed by atoms with Crippen LogP contribution in [0.5, 0.6) is 0 Å². The molecule has 0 aliphatic heterocycles. The van der Waals surface area contributed by atoms with Crippen LogP contribution in [0.3, 0.4) is 0 Å². The second-order valence-corrected chi connectivity index (χ2v) is 2.27. The maximum Gasteiger partial charge on any atom is 0.158 e. The second kappa shape index (κ2) is 2.25. The van der Waals surface area contributed by atoms with Gasteiger partial charge in [-0.25, -0.2) is 4.39 Å². The van der Waals surface area contributed by atoms with E-state index >= 15 is 0 Å². The molecule has 1 nitrogen and oxygen atoms in total. The van der Waals surface area contributed by atoms with Crippen LogP contribution in [0, 0.1) is 5.92 Å². The number of alkyl halides is 1. The number of hydrogen-bond donors (Lipinski definition) is 0. The van der Waals surface area contributed by atoms with Gasteiger partial charge in [-0.15, -0.1) is 0 Å². The molecule has 0 spiro atoms. The van der Waals surface area contributed by atoms with Gasteiger partial charge in [0.25, 0.3) is 0 Å². The third-order valence-electron chi connectivity index (χ3n) is 1.73. The molecule has 46 valence electrons. The van der Waals surface area contributed by atoms with Crippen LogP contribution in [0.2, 0.25) is 0 Å². The van der Waals surface area contributed by atoms with E-state index in [2.05, 4.69) is 0 Å². The zero-order valence-corrected chi connectivity index (χ0v) is 4.64. The monoisotopic (exact) mass is 116 g/mol. The first-order chi connectivity index (χ1) is 3.84. The first kappa shape index (κ1) is 5.73. The number of rotatable bonds is 2. The standard InChI is InChI=1S/C6H9FO/c7-6(4-8)5-2-1-3-5/h4-6H,1-3H2. The van der Waals surface area contributed by atoms with Crippen LogP contribution in [0.15, 0.2) is 0 Å². The van der Waals surface area contributed by atoms with Crippen molar-refractivity contribution < 1.29 is 9.18 Å². The lowest BCUT2D eigenvalue weighted by molar-refractivity contribution is -0.114. The van der Waals surface area contributed by atoms with E-state index in [1.54, 1.807) is 0 Å². The Hall–Kier alpha value is -0.400. The van der Waals surface area contributed by atoms with E-state index in [0.717, 1.165) is 19.3 Å². The number of halogens is 1. The van der Waals surface area contributed by atoms with Crippen molar-refractivity contribution in [2.75, 3.05) is 0 Å². The molecule has 1 rings (SSSR count). The maximum absolute atomic E-state index is 12.2. The van der Waals surface area contributed by atoms with Crippen LogP contribution in [0.25, 0.3) is 0 Å². The molecule has 0 aromatic carbocycles. The highest BCUT2D eigenvalue weighted by Gasteiger charge is 2.26. The van der Waals surface area contributed by atoms with Gasteiger partial charge in [0.1, 0.15) is 0 Å². The van der Waals surface area contributed by atoms with E-state index in [1.165, 1.54) is 0 Å². The fraction of sp³-hybridized carbons (Fsp3) is 0.833. The highest BCUT2D eigenvalue weighted by atomic mass is 19.1. The Morgan fingerprint density at radius 1 is 1.62 bits per heavy atom. The molecular weight excluding hydrogens is 107 g/mol. The van der Waals surface area contributed by atoms with Gasteiger partial charge in [-0.3, -0.25) is 0 Å². The summed E-state index contributed by atoms with van der Waals surface area (Å²) in [6.45, 7) is 0. The molecule has 0 bridgehead atoms. The molecule has 8 heavy (non-hydrogen) atoms. The summed E-state index contributed by atoms with van der Waals surface area (Å²) >= 11 is 0. The number of carbonyl (C=O) groups excluding carboxylic acids is 1. The predicted molar refractivity (Wildman–Crippen MR) is 28.3 cm³/mol. The van der Waals surface area contributed by atoms with Crippen LogP contribution in [-0.2, 0) is 4.79 Å². The summed E-state index contributed by atoms with van der Waals surface area (Å²) in [6, 6.07) is 0. The molecule has 0 saturated heterocycles. The summed E-state index contributed by atoms with van der Waals surface area (Å²) in [6.07, 6.45) is 2.13. The van der Waals surface area contributed by atoms with Gasteiger partial charge in [0.15, 0.2) is 12.5 Å². The lowest BCUT2D eigenvalue weighted by atomic mass is 9.82. The Kier molecular flexibility index (Phi) is 1.61. The minimum Gasteiger partial charge on any atom is -0.300 e. The fourth-order valence-corrected chi connectivity index (χ4v) is 0.869. The SMILES string of the molecule is O=CC(F)C1CCC1. The van der Waals surface area contributed by atoms with Crippen molar-refractivity contribution in [3.63, 3.8) is 0 Å². The minimum absolute atomic E-state index is 0.0625. The first-order valence-corrected chi connectivity index (χ1v) is 2.94. The van der Waals surface area contributed by atoms with Gasteiger partial charge in [0.05, 0.1) is 0 Å². The number of aldehydes is 1. The molecular formula is C6H9FO. The van der Waals surface area contributed by atoms with Crippen LogP contribution in [-0.4, -0.2) is 12.5 Å². The highest BCUT2D eigenvalue weighted by Crippen LogP contribution is 2.30. The Bertz CT molecular complexity index is 88.5. The number of hydrogen-bond acceptors (Lipinski definition) is 1. The molecule has 0 aromatic rings. The van der Waals surface area contributed by atoms with E-state index < -0.39 is 6.17 Å². The summed E-state index contributed by atoms with van der Waals surface area (Å²) in [5.74, 6) is 0.0625. The van der Waals surface area contributed by atoms with Crippen molar-refractivity contribution in [3.05, 3.63) is 0 Å². The fourth-order valence-electron chi connectivity index (χ4n) is 0.869. The highest BCUT2D eigenvalue weighted by molar-refractivity contribution is 5.56. The van der Waals surface area contributed by atoms with Crippen molar-refractivity contribution in [2.45, 2.75) is 25.4 Å². The van der Waals surface area contributed by atoms with E-state index in [1.807, 2.05) is 0 Å². The molecule has 1 atom stereocenters. The Labute approximate surface area is 47.9 Å². The molecule has 0 N–H and O–H groups in total. The molecule has 2 heteroatoms. The van der Waals surface area contributed by atoms with Gasteiger partial charge in [-0.1, -0.05) is 6.42 Å². The second-order valence-electron chi connectivity index (χ2n) is 2.27. The van der Waals surface area contributed by atoms with Crippen LogP contribution in [0.1, 0.15) is 19.3 Å². The van der Waals surface area contributed by atoms with Gasteiger partial charge in [-0.05, 0) is 18.8 Å². The molecule has 1 unspecified atom stereocenters. The average molecular weight is 116 g/mol. The molecule has 0 amide bonds. The average Bonchev–Trinajstić information content (AvgIpc) is 1.62. The summed E-state index contributed by atoms with van der Waals surface area (Å²) in [5.41, 5.74) is 0. The Balaban J connectivity index is 2.22. The van der Waals surface area contributed by atoms with Crippen LogP contribution in [0.4, 0.5) is 4.39 Å². The molecule has 0 heterocycles. The van der Waals surface area contributed by atoms with Crippen molar-refractivity contribution in [2.24, 2.45) is 5.92 Å². The van der Waals surface area contributed by atoms with Gasteiger partial charge < -0.3 is 4.79 Å². The molecule has 0 aromatic heterocycles. The van der Waals surface area contributed by atoms with Crippen LogP contribution < -0.4 is 0 Å². The number of carbonyl (C=O) groups is 1. The maximum atomic E-state index is 12.2. The van der Waals surface area contributed by atoms with Gasteiger partial charge in [-0.2, -0.15) is 0 Å². The topological polar surface area (TPSA) is 17.1 Å². The third kappa shape index (κ3) is 0.881. The summed E-state index contributed by atoms with van der Waals surface area (Å²) in [7, 11) is 0. The van der Waals surface area contributed by atoms with Crippen molar-refractivity contribution in [3.8, 4) is 0 Å². The van der Waals surface area contributed by atoms with Crippen molar-refractivity contribution in [1.29, 1.82) is 0 Å². The normalized spacial score (nSPS) is 24.1. The first-order valence-electron chi connectivity index (χ1n) is 2.94. The van der Waals surface area contributed by atoms with E-state index in [-0.39, 0.29) is 5.92 Å². The van der Waals surface area contributed by atoms with E-state index in [9.17, 15) is 9.18 Å². The van der Waals surface area contributed by atoms with E-state index in [0.29, 0.717) is 6.29 Å². The third-order valence-corrected chi connectivity index (χ3v) is 1.73. The smallest absolute Gasteiger partial charge is 0.158 e. The zero-order valence-electron chi connectivity index (χ0n) is 4.64. The summed E-state index contributed by atoms with van der Waals surface area (Å²) in [5, 5.41) is 0. The molecule has 1 aliphatic carbocycles. The Morgan fingerprint density at radius 3 is 2.38 bits per heavy atom. The van der Waals surface area contributed by atoms with Crippen LogP contribution >= 0.6 is 0 Å². The minimum atomic E-state index is -1.18. The van der Waals surface area contributed by atoms with Crippen molar-refractivity contribution in [1.82, 2.24) is 0 Å². The largest absolute Gasteiger partial charge is 0.300 e. The lowest BCUT2D eigenvalue weighted by Crippen LogP contribution is -2.23. The van der Waals surface area contributed by atoms with Gasteiger partial charge in [0.2, 0.25) is 0 Å².